The summed E-state index contributed by atoms with van der Waals surface area (Å²) < 4.78 is 9.80. The molecule has 1 unspecified atom stereocenters. The summed E-state index contributed by atoms with van der Waals surface area (Å²) in [6, 6.07) is 16.1. The molecule has 200 valence electrons. The summed E-state index contributed by atoms with van der Waals surface area (Å²) in [5, 5.41) is 8.93. The number of hydrogen-bond acceptors (Lipinski definition) is 6. The minimum atomic E-state index is -0.230. The van der Waals surface area contributed by atoms with E-state index in [-0.39, 0.29) is 5.91 Å². The second-order valence-electron chi connectivity index (χ2n) is 10.2. The number of rotatable bonds is 8. The zero-order valence-electron chi connectivity index (χ0n) is 22.6. The number of likely N-dealkylation sites (N-methyl/N-ethyl adjacent to an activating group) is 1. The van der Waals surface area contributed by atoms with E-state index in [0.717, 1.165) is 58.8 Å². The van der Waals surface area contributed by atoms with Crippen molar-refractivity contribution in [1.82, 2.24) is 29.0 Å². The van der Waals surface area contributed by atoms with Crippen LogP contribution in [0.4, 0.5) is 5.69 Å². The summed E-state index contributed by atoms with van der Waals surface area (Å²) in [6.07, 6.45) is 6.55. The number of hydrogen-bond donors (Lipinski definition) is 1. The average Bonchev–Trinajstić information content (AvgIpc) is 3.64. The van der Waals surface area contributed by atoms with Crippen LogP contribution >= 0.6 is 0 Å². The first-order valence-corrected chi connectivity index (χ1v) is 13.5. The van der Waals surface area contributed by atoms with Gasteiger partial charge in [0.25, 0.3) is 5.91 Å². The Morgan fingerprint density at radius 1 is 1.18 bits per heavy atom. The highest BCUT2D eigenvalue weighted by atomic mass is 16.5. The van der Waals surface area contributed by atoms with Crippen LogP contribution in [-0.4, -0.2) is 61.2 Å². The molecule has 39 heavy (non-hydrogen) atoms. The molecule has 1 aliphatic rings. The number of pyridine rings is 2. The first kappa shape index (κ1) is 25.1. The molecule has 1 fully saturated rings. The number of carbonyl (C=O) groups is 1. The maximum atomic E-state index is 13.4. The molecule has 6 rings (SSSR count). The second-order valence-corrected chi connectivity index (χ2v) is 10.2. The number of ether oxygens (including phenoxy) is 1. The number of amides is 1. The van der Waals surface area contributed by atoms with Gasteiger partial charge in [-0.15, -0.1) is 0 Å². The Morgan fingerprint density at radius 3 is 2.85 bits per heavy atom. The monoisotopic (exact) mass is 523 g/mol. The molecule has 0 spiro atoms. The van der Waals surface area contributed by atoms with E-state index in [4.69, 9.17) is 9.84 Å². The Balaban J connectivity index is 1.24. The van der Waals surface area contributed by atoms with E-state index < -0.39 is 0 Å². The van der Waals surface area contributed by atoms with E-state index >= 15 is 0 Å². The summed E-state index contributed by atoms with van der Waals surface area (Å²) >= 11 is 0. The fraction of sp³-hybridized carbons (Fsp3) is 0.333. The van der Waals surface area contributed by atoms with Crippen molar-refractivity contribution in [2.45, 2.75) is 45.7 Å². The van der Waals surface area contributed by atoms with Gasteiger partial charge in [-0.1, -0.05) is 19.1 Å². The lowest BCUT2D eigenvalue weighted by molar-refractivity contribution is 0.102. The van der Waals surface area contributed by atoms with E-state index in [1.54, 1.807) is 10.6 Å². The van der Waals surface area contributed by atoms with Gasteiger partial charge in [0.15, 0.2) is 0 Å². The van der Waals surface area contributed by atoms with Gasteiger partial charge in [0.2, 0.25) is 0 Å². The maximum Gasteiger partial charge on any atom is 0.274 e. The maximum absolute atomic E-state index is 13.4. The number of fused-ring (bicyclic) bond motifs is 2. The van der Waals surface area contributed by atoms with Gasteiger partial charge in [0.1, 0.15) is 23.7 Å². The normalized spacial score (nSPS) is 15.8. The van der Waals surface area contributed by atoms with Crippen molar-refractivity contribution in [3.05, 3.63) is 83.7 Å². The highest BCUT2D eigenvalue weighted by Crippen LogP contribution is 2.29. The lowest BCUT2D eigenvalue weighted by Crippen LogP contribution is -2.30. The largest absolute Gasteiger partial charge is 0.492 e. The Hall–Kier alpha value is -4.24. The predicted octanol–water partition coefficient (Wildman–Crippen LogP) is 4.72. The quantitative estimate of drug-likeness (QED) is 0.317. The SMILES string of the molecule is CCc1nn(Cc2cccc(C)n2)c2cccc(NC(=O)c3cnc4cc(OCC5CCCN5C)ccn34)c12. The van der Waals surface area contributed by atoms with Gasteiger partial charge in [-0.3, -0.25) is 18.9 Å². The van der Waals surface area contributed by atoms with Gasteiger partial charge in [-0.25, -0.2) is 4.98 Å². The highest BCUT2D eigenvalue weighted by molar-refractivity contribution is 6.08. The molecule has 1 saturated heterocycles. The van der Waals surface area contributed by atoms with E-state index in [1.165, 1.54) is 6.42 Å². The van der Waals surface area contributed by atoms with Crippen molar-refractivity contribution in [2.75, 3.05) is 25.5 Å². The molecule has 5 aromatic rings. The van der Waals surface area contributed by atoms with Crippen LogP contribution in [0.1, 0.15) is 47.3 Å². The van der Waals surface area contributed by atoms with Gasteiger partial charge >= 0.3 is 0 Å². The molecular formula is C30H33N7O2. The standard InChI is InChI=1S/C30H33N7O2/c1-4-24-29-25(11-6-12-26(29)37(34-24)18-21-9-5-8-20(2)32-21)33-30(38)27-17-31-28-16-23(13-15-36(27)28)39-19-22-10-7-14-35(22)3/h5-6,8-9,11-13,15-17,22H,4,7,10,14,18-19H2,1-3H3,(H,33,38). The lowest BCUT2D eigenvalue weighted by atomic mass is 10.1. The third-order valence-corrected chi connectivity index (χ3v) is 7.52. The third kappa shape index (κ3) is 4.97. The summed E-state index contributed by atoms with van der Waals surface area (Å²) in [5.74, 6) is 0.527. The molecule has 0 radical (unpaired) electrons. The van der Waals surface area contributed by atoms with Crippen LogP contribution in [0, 0.1) is 6.92 Å². The minimum absolute atomic E-state index is 0.230. The van der Waals surface area contributed by atoms with Crippen LogP contribution in [0.3, 0.4) is 0 Å². The molecule has 0 saturated carbocycles. The molecule has 9 heteroatoms. The van der Waals surface area contributed by atoms with Gasteiger partial charge < -0.3 is 15.0 Å². The van der Waals surface area contributed by atoms with E-state index in [0.29, 0.717) is 30.5 Å². The number of carbonyl (C=O) groups excluding carboxylic acids is 1. The molecule has 1 aliphatic heterocycles. The topological polar surface area (TPSA) is 89.6 Å². The molecule has 9 nitrogen and oxygen atoms in total. The van der Waals surface area contributed by atoms with Gasteiger partial charge in [-0.2, -0.15) is 5.10 Å². The minimum Gasteiger partial charge on any atom is -0.492 e. The fourth-order valence-electron chi connectivity index (χ4n) is 5.41. The number of benzene rings is 1. The molecule has 4 aromatic heterocycles. The molecule has 1 atom stereocenters. The number of likely N-dealkylation sites (tertiary alicyclic amines) is 1. The Labute approximate surface area is 227 Å². The van der Waals surface area contributed by atoms with E-state index in [2.05, 4.69) is 34.2 Å². The first-order chi connectivity index (χ1) is 19.0. The van der Waals surface area contributed by atoms with Crippen molar-refractivity contribution in [3.8, 4) is 5.75 Å². The van der Waals surface area contributed by atoms with E-state index in [1.807, 2.05) is 66.3 Å². The Kier molecular flexibility index (Phi) is 6.74. The highest BCUT2D eigenvalue weighted by Gasteiger charge is 2.22. The average molecular weight is 524 g/mol. The van der Waals surface area contributed by atoms with Gasteiger partial charge in [0, 0.05) is 29.4 Å². The lowest BCUT2D eigenvalue weighted by Gasteiger charge is -2.19. The summed E-state index contributed by atoms with van der Waals surface area (Å²) in [7, 11) is 2.14. The number of nitrogens with one attached hydrogen (secondary N) is 1. The fourth-order valence-corrected chi connectivity index (χ4v) is 5.41. The third-order valence-electron chi connectivity index (χ3n) is 7.52. The zero-order chi connectivity index (χ0) is 26.9. The number of aromatic nitrogens is 5. The van der Waals surface area contributed by atoms with Crippen molar-refractivity contribution < 1.29 is 9.53 Å². The van der Waals surface area contributed by atoms with Gasteiger partial charge in [0.05, 0.1) is 35.3 Å². The summed E-state index contributed by atoms with van der Waals surface area (Å²) in [6.45, 7) is 6.38. The Bertz CT molecular complexity index is 1650. The molecule has 1 amide bonds. The van der Waals surface area contributed by atoms with Gasteiger partial charge in [-0.05, 0) is 70.1 Å². The smallest absolute Gasteiger partial charge is 0.274 e. The molecular weight excluding hydrogens is 490 g/mol. The molecule has 5 heterocycles. The predicted molar refractivity (Wildman–Crippen MR) is 151 cm³/mol. The Morgan fingerprint density at radius 2 is 2.05 bits per heavy atom. The molecule has 0 bridgehead atoms. The van der Waals surface area contributed by atoms with Crippen LogP contribution in [0.5, 0.6) is 5.75 Å². The number of anilines is 1. The van der Waals surface area contributed by atoms with Crippen LogP contribution in [0.25, 0.3) is 16.6 Å². The molecule has 1 aromatic carbocycles. The number of aryl methyl sites for hydroxylation is 2. The van der Waals surface area contributed by atoms with Crippen LogP contribution in [0.2, 0.25) is 0 Å². The second kappa shape index (κ2) is 10.5. The summed E-state index contributed by atoms with van der Waals surface area (Å²) in [5.41, 5.74) is 5.67. The first-order valence-electron chi connectivity index (χ1n) is 13.5. The summed E-state index contributed by atoms with van der Waals surface area (Å²) in [4.78, 5) is 24.9. The van der Waals surface area contributed by atoms with Crippen LogP contribution < -0.4 is 10.1 Å². The zero-order valence-corrected chi connectivity index (χ0v) is 22.6. The van der Waals surface area contributed by atoms with E-state index in [9.17, 15) is 4.79 Å². The van der Waals surface area contributed by atoms with Crippen molar-refractivity contribution >= 4 is 28.1 Å². The van der Waals surface area contributed by atoms with Crippen molar-refractivity contribution in [3.63, 3.8) is 0 Å². The van der Waals surface area contributed by atoms with Crippen molar-refractivity contribution in [1.29, 1.82) is 0 Å². The van der Waals surface area contributed by atoms with Crippen LogP contribution in [0.15, 0.2) is 60.9 Å². The van der Waals surface area contributed by atoms with Crippen molar-refractivity contribution in [2.24, 2.45) is 0 Å². The molecule has 0 aliphatic carbocycles. The van der Waals surface area contributed by atoms with Crippen LogP contribution in [-0.2, 0) is 13.0 Å². The molecule has 1 N–H and O–H groups in total. The number of nitrogens with zero attached hydrogens (tertiary/aromatic N) is 6. The number of imidazole rings is 1.